The molecule has 0 spiro atoms. The van der Waals surface area contributed by atoms with Crippen molar-refractivity contribution in [2.24, 2.45) is 5.73 Å². The lowest BCUT2D eigenvalue weighted by Crippen LogP contribution is -2.36. The van der Waals surface area contributed by atoms with Crippen LogP contribution in [0.5, 0.6) is 5.75 Å². The molecule has 4 N–H and O–H groups in total. The van der Waals surface area contributed by atoms with Crippen LogP contribution in [0.1, 0.15) is 25.0 Å². The molecule has 1 aliphatic heterocycles. The van der Waals surface area contributed by atoms with E-state index in [1.807, 2.05) is 0 Å². The number of nitrogens with zero attached hydrogens (tertiary/aromatic N) is 1. The second-order valence-electron chi connectivity index (χ2n) is 6.78. The standard InChI is InChI=1S/C17H16N2O7S/c1-17(2)10-5-8(27(24,25)26)3-4-11(10)19(7-13(18)20)12(17)6-9-14(21)16(23)15(9)22/h3-6,21H,7H2,1-2H3,(H2,18,20)(H,24,25,26)/b12-6-. The summed E-state index contributed by atoms with van der Waals surface area (Å²) in [5, 5.41) is 9.66. The first kappa shape index (κ1) is 18.8. The van der Waals surface area contributed by atoms with Crippen LogP contribution >= 0.6 is 0 Å². The first-order chi connectivity index (χ1) is 12.4. The van der Waals surface area contributed by atoms with Crippen LogP contribution in [-0.4, -0.2) is 30.5 Å². The highest BCUT2D eigenvalue weighted by Crippen LogP contribution is 2.49. The maximum Gasteiger partial charge on any atom is 0.294 e. The summed E-state index contributed by atoms with van der Waals surface area (Å²) in [6.45, 7) is 3.13. The van der Waals surface area contributed by atoms with Gasteiger partial charge in [0.2, 0.25) is 11.3 Å². The van der Waals surface area contributed by atoms with Gasteiger partial charge in [0.1, 0.15) is 6.54 Å². The van der Waals surface area contributed by atoms with Crippen molar-refractivity contribution < 1.29 is 22.9 Å². The van der Waals surface area contributed by atoms with Gasteiger partial charge in [0.15, 0.2) is 5.75 Å². The van der Waals surface area contributed by atoms with Crippen LogP contribution in [0.2, 0.25) is 0 Å². The topological polar surface area (TPSA) is 155 Å². The number of nitrogens with two attached hydrogens (primary N) is 1. The zero-order valence-electron chi connectivity index (χ0n) is 14.4. The normalized spacial score (nSPS) is 17.4. The minimum absolute atomic E-state index is 0.194. The predicted molar refractivity (Wildman–Crippen MR) is 96.8 cm³/mol. The fourth-order valence-corrected chi connectivity index (χ4v) is 3.78. The fraction of sp³-hybridized carbons (Fsp3) is 0.235. The Balaban J connectivity index is 2.26. The van der Waals surface area contributed by atoms with Crippen molar-refractivity contribution in [3.63, 3.8) is 0 Å². The lowest BCUT2D eigenvalue weighted by Gasteiger charge is -2.26. The van der Waals surface area contributed by atoms with Crippen LogP contribution in [0, 0.1) is 0 Å². The first-order valence-electron chi connectivity index (χ1n) is 7.78. The molecule has 0 fully saturated rings. The van der Waals surface area contributed by atoms with Gasteiger partial charge in [-0.15, -0.1) is 0 Å². The number of carbonyl (C=O) groups excluding carboxylic acids is 1. The minimum Gasteiger partial charge on any atom is -0.504 e. The molecule has 3 rings (SSSR count). The van der Waals surface area contributed by atoms with Crippen LogP contribution in [0.4, 0.5) is 5.69 Å². The number of benzene rings is 1. The van der Waals surface area contributed by atoms with E-state index < -0.39 is 38.0 Å². The van der Waals surface area contributed by atoms with E-state index in [1.54, 1.807) is 13.8 Å². The summed E-state index contributed by atoms with van der Waals surface area (Å²) in [5.74, 6) is -1.35. The molecule has 27 heavy (non-hydrogen) atoms. The van der Waals surface area contributed by atoms with Crippen molar-refractivity contribution in [2.75, 3.05) is 11.4 Å². The van der Waals surface area contributed by atoms with Gasteiger partial charge < -0.3 is 15.7 Å². The number of aromatic hydroxyl groups is 1. The highest BCUT2D eigenvalue weighted by Gasteiger charge is 2.42. The molecule has 0 bridgehead atoms. The number of allylic oxidation sites excluding steroid dienone is 1. The summed E-state index contributed by atoms with van der Waals surface area (Å²) < 4.78 is 32.2. The maximum atomic E-state index is 11.7. The number of amides is 1. The van der Waals surface area contributed by atoms with Crippen molar-refractivity contribution in [3.8, 4) is 5.75 Å². The summed E-state index contributed by atoms with van der Waals surface area (Å²) in [6, 6.07) is 3.85. The molecule has 0 aromatic heterocycles. The molecule has 2 aromatic carbocycles. The van der Waals surface area contributed by atoms with Crippen LogP contribution in [0.25, 0.3) is 6.08 Å². The number of carbonyl (C=O) groups is 1. The Morgan fingerprint density at radius 1 is 1.26 bits per heavy atom. The third-order valence-corrected chi connectivity index (χ3v) is 5.53. The van der Waals surface area contributed by atoms with Crippen LogP contribution in [0.3, 0.4) is 0 Å². The van der Waals surface area contributed by atoms with Gasteiger partial charge >= 0.3 is 0 Å². The number of hydrogen-bond acceptors (Lipinski definition) is 7. The monoisotopic (exact) mass is 392 g/mol. The average Bonchev–Trinajstić information content (AvgIpc) is 2.77. The number of primary amides is 1. The van der Waals surface area contributed by atoms with Gasteiger partial charge in [-0.3, -0.25) is 18.9 Å². The maximum absolute atomic E-state index is 11.7. The van der Waals surface area contributed by atoms with Crippen molar-refractivity contribution in [1.82, 2.24) is 0 Å². The third kappa shape index (κ3) is 2.82. The molecule has 1 aliphatic rings. The summed E-state index contributed by atoms with van der Waals surface area (Å²) in [5.41, 5.74) is 3.62. The van der Waals surface area contributed by atoms with Crippen molar-refractivity contribution in [1.29, 1.82) is 0 Å². The second-order valence-corrected chi connectivity index (χ2v) is 8.20. The lowest BCUT2D eigenvalue weighted by atomic mass is 9.83. The number of anilines is 1. The largest absolute Gasteiger partial charge is 0.504 e. The number of rotatable bonds is 4. The molecule has 1 heterocycles. The summed E-state index contributed by atoms with van der Waals surface area (Å²) in [4.78, 5) is 35.7. The quantitative estimate of drug-likeness (QED) is 0.479. The fourth-order valence-electron chi connectivity index (χ4n) is 3.27. The van der Waals surface area contributed by atoms with Crippen LogP contribution in [-0.2, 0) is 20.3 Å². The Morgan fingerprint density at radius 2 is 1.89 bits per heavy atom. The van der Waals surface area contributed by atoms with Gasteiger partial charge in [-0.05, 0) is 29.8 Å². The highest BCUT2D eigenvalue weighted by molar-refractivity contribution is 7.85. The summed E-state index contributed by atoms with van der Waals surface area (Å²) in [7, 11) is -4.45. The van der Waals surface area contributed by atoms with Crippen molar-refractivity contribution in [3.05, 3.63) is 55.5 Å². The molecule has 10 heteroatoms. The Bertz CT molecular complexity index is 1180. The van der Waals surface area contributed by atoms with E-state index in [0.717, 1.165) is 0 Å². The smallest absolute Gasteiger partial charge is 0.294 e. The van der Waals surface area contributed by atoms with Gasteiger partial charge in [-0.25, -0.2) is 0 Å². The zero-order chi connectivity index (χ0) is 20.3. The second kappa shape index (κ2) is 5.76. The molecule has 1 amide bonds. The van der Waals surface area contributed by atoms with E-state index >= 15 is 0 Å². The number of fused-ring (bicyclic) bond motifs is 1. The SMILES string of the molecule is CC1(C)/C(=C/c2c(O)c(=O)c2=O)N(CC(N)=O)c2ccc(S(=O)(=O)O)cc21. The Morgan fingerprint density at radius 3 is 2.41 bits per heavy atom. The molecule has 0 saturated heterocycles. The zero-order valence-corrected chi connectivity index (χ0v) is 15.2. The Labute approximate surface area is 153 Å². The van der Waals surface area contributed by atoms with Crippen LogP contribution < -0.4 is 21.5 Å². The minimum atomic E-state index is -4.45. The van der Waals surface area contributed by atoms with Crippen molar-refractivity contribution >= 4 is 27.8 Å². The van der Waals surface area contributed by atoms with E-state index in [0.29, 0.717) is 16.9 Å². The van der Waals surface area contributed by atoms with Gasteiger partial charge in [0.05, 0.1) is 10.5 Å². The molecule has 9 nitrogen and oxygen atoms in total. The molecule has 0 aliphatic carbocycles. The molecular weight excluding hydrogens is 376 g/mol. The van der Waals surface area contributed by atoms with Gasteiger partial charge in [-0.1, -0.05) is 13.8 Å². The Kier molecular flexibility index (Phi) is 4.01. The summed E-state index contributed by atoms with van der Waals surface area (Å²) >= 11 is 0. The van der Waals surface area contributed by atoms with E-state index in [-0.39, 0.29) is 17.0 Å². The first-order valence-corrected chi connectivity index (χ1v) is 9.22. The highest BCUT2D eigenvalue weighted by atomic mass is 32.2. The van der Waals surface area contributed by atoms with E-state index in [1.165, 1.54) is 29.2 Å². The molecular formula is C17H16N2O7S. The van der Waals surface area contributed by atoms with Crippen molar-refractivity contribution in [2.45, 2.75) is 24.2 Å². The van der Waals surface area contributed by atoms with E-state index in [4.69, 9.17) is 5.73 Å². The van der Waals surface area contributed by atoms with E-state index in [2.05, 4.69) is 0 Å². The third-order valence-electron chi connectivity index (χ3n) is 4.68. The van der Waals surface area contributed by atoms with E-state index in [9.17, 15) is 32.5 Å². The van der Waals surface area contributed by atoms with Gasteiger partial charge in [0.25, 0.3) is 15.5 Å². The average molecular weight is 392 g/mol. The Hall–Kier alpha value is -2.98. The molecule has 0 saturated carbocycles. The summed E-state index contributed by atoms with van der Waals surface area (Å²) in [6.07, 6.45) is 1.29. The lowest BCUT2D eigenvalue weighted by molar-refractivity contribution is -0.116. The molecule has 2 aromatic rings. The molecule has 142 valence electrons. The van der Waals surface area contributed by atoms with Gasteiger partial charge in [-0.2, -0.15) is 8.42 Å². The number of hydrogen-bond donors (Lipinski definition) is 3. The molecule has 0 radical (unpaired) electrons. The van der Waals surface area contributed by atoms with Crippen LogP contribution in [0.15, 0.2) is 38.4 Å². The molecule has 0 atom stereocenters. The molecule has 0 unspecified atom stereocenters. The predicted octanol–water partition coefficient (Wildman–Crippen LogP) is -0.141. The van der Waals surface area contributed by atoms with Gasteiger partial charge in [0, 0.05) is 16.8 Å².